The minimum atomic E-state index is -0.165. The minimum absolute atomic E-state index is 0.0286. The molecule has 1 atom stereocenters. The molecule has 0 aliphatic heterocycles. The number of halogens is 1. The van der Waals surface area contributed by atoms with Gasteiger partial charge in [0.05, 0.1) is 5.69 Å². The van der Waals surface area contributed by atoms with Gasteiger partial charge in [0.25, 0.3) is 0 Å². The molecule has 0 saturated heterocycles. The lowest BCUT2D eigenvalue weighted by Crippen LogP contribution is -2.21. The summed E-state index contributed by atoms with van der Waals surface area (Å²) in [7, 11) is 0. The van der Waals surface area contributed by atoms with Crippen LogP contribution in [0.5, 0.6) is 0 Å². The molecule has 88 valence electrons. The Bertz CT molecular complexity index is 357. The Hall–Kier alpha value is -0.670. The smallest absolute Gasteiger partial charge is 0.228 e. The number of anilines is 1. The maximum atomic E-state index is 11.7. The molecule has 1 rings (SSSR count). The third-order valence-electron chi connectivity index (χ3n) is 2.12. The van der Waals surface area contributed by atoms with Crippen LogP contribution in [0, 0.1) is 5.92 Å². The van der Waals surface area contributed by atoms with Crippen molar-refractivity contribution in [3.8, 4) is 0 Å². The number of rotatable bonds is 5. The summed E-state index contributed by atoms with van der Waals surface area (Å²) in [6.45, 7) is 3.91. The lowest BCUT2D eigenvalue weighted by molar-refractivity contribution is -0.118. The fourth-order valence-electron chi connectivity index (χ4n) is 1.18. The maximum Gasteiger partial charge on any atom is 0.228 e. The van der Waals surface area contributed by atoms with Crippen LogP contribution in [-0.4, -0.2) is 17.5 Å². The van der Waals surface area contributed by atoms with Gasteiger partial charge < -0.3 is 5.32 Å². The van der Waals surface area contributed by atoms with Crippen molar-refractivity contribution in [1.29, 1.82) is 0 Å². The second kappa shape index (κ2) is 6.81. The van der Waals surface area contributed by atoms with Gasteiger partial charge in [0, 0.05) is 16.7 Å². The van der Waals surface area contributed by atoms with Gasteiger partial charge in [0.2, 0.25) is 5.91 Å². The molecular formula is C12H16ClNOS. The third-order valence-corrected chi connectivity index (χ3v) is 3.54. The lowest BCUT2D eigenvalue weighted by Gasteiger charge is -2.12. The summed E-state index contributed by atoms with van der Waals surface area (Å²) in [6.07, 6.45) is 0. The summed E-state index contributed by atoms with van der Waals surface area (Å²) in [4.78, 5) is 12.8. The summed E-state index contributed by atoms with van der Waals surface area (Å²) in [5.74, 6) is 1.13. The molecule has 0 heterocycles. The van der Waals surface area contributed by atoms with Crippen LogP contribution >= 0.6 is 23.4 Å². The fourth-order valence-corrected chi connectivity index (χ4v) is 2.08. The quantitative estimate of drug-likeness (QED) is 0.645. The van der Waals surface area contributed by atoms with Gasteiger partial charge in [-0.25, -0.2) is 0 Å². The second-order valence-corrected chi connectivity index (χ2v) is 5.09. The molecule has 0 radical (unpaired) electrons. The van der Waals surface area contributed by atoms with E-state index in [-0.39, 0.29) is 11.8 Å². The molecule has 1 unspecified atom stereocenters. The van der Waals surface area contributed by atoms with Crippen molar-refractivity contribution in [2.75, 3.05) is 16.9 Å². The number of thioether (sulfide) groups is 1. The summed E-state index contributed by atoms with van der Waals surface area (Å²) in [5, 5.41) is 2.90. The largest absolute Gasteiger partial charge is 0.325 e. The highest BCUT2D eigenvalue weighted by atomic mass is 35.5. The van der Waals surface area contributed by atoms with E-state index in [1.54, 1.807) is 11.8 Å². The topological polar surface area (TPSA) is 29.1 Å². The highest BCUT2D eigenvalue weighted by Gasteiger charge is 2.12. The number of para-hydroxylation sites is 1. The Morgan fingerprint density at radius 3 is 2.81 bits per heavy atom. The van der Waals surface area contributed by atoms with Crippen LogP contribution in [0.1, 0.15) is 13.8 Å². The van der Waals surface area contributed by atoms with E-state index in [1.807, 2.05) is 31.2 Å². The van der Waals surface area contributed by atoms with Crippen LogP contribution in [0.4, 0.5) is 5.69 Å². The molecular weight excluding hydrogens is 242 g/mol. The van der Waals surface area contributed by atoms with E-state index in [0.717, 1.165) is 16.3 Å². The summed E-state index contributed by atoms with van der Waals surface area (Å²) in [6, 6.07) is 7.81. The third kappa shape index (κ3) is 3.72. The summed E-state index contributed by atoms with van der Waals surface area (Å²) in [5.41, 5.74) is 0.872. The average Bonchev–Trinajstić information content (AvgIpc) is 2.31. The van der Waals surface area contributed by atoms with Gasteiger partial charge in [-0.3, -0.25) is 4.79 Å². The van der Waals surface area contributed by atoms with Crippen LogP contribution in [0.3, 0.4) is 0 Å². The Morgan fingerprint density at radius 2 is 2.19 bits per heavy atom. The second-order valence-electron chi connectivity index (χ2n) is 3.47. The predicted octanol–water partition coefficient (Wildman–Crippen LogP) is 3.61. The van der Waals surface area contributed by atoms with Gasteiger partial charge in [-0.1, -0.05) is 26.0 Å². The monoisotopic (exact) mass is 257 g/mol. The number of nitrogens with one attached hydrogen (secondary N) is 1. The Balaban J connectivity index is 2.76. The number of hydrogen-bond donors (Lipinski definition) is 1. The van der Waals surface area contributed by atoms with Crippen LogP contribution in [0.25, 0.3) is 0 Å². The van der Waals surface area contributed by atoms with E-state index in [0.29, 0.717) is 5.88 Å². The van der Waals surface area contributed by atoms with Crippen LogP contribution < -0.4 is 5.32 Å². The first kappa shape index (κ1) is 13.4. The number of carbonyl (C=O) groups excluding carboxylic acids is 1. The van der Waals surface area contributed by atoms with E-state index in [9.17, 15) is 4.79 Å². The minimum Gasteiger partial charge on any atom is -0.325 e. The lowest BCUT2D eigenvalue weighted by atomic mass is 10.2. The van der Waals surface area contributed by atoms with Crippen molar-refractivity contribution in [2.45, 2.75) is 18.7 Å². The molecule has 0 spiro atoms. The van der Waals surface area contributed by atoms with Crippen molar-refractivity contribution in [3.63, 3.8) is 0 Å². The fraction of sp³-hybridized carbons (Fsp3) is 0.417. The normalized spacial score (nSPS) is 12.2. The number of hydrogen-bond acceptors (Lipinski definition) is 2. The number of carbonyl (C=O) groups is 1. The van der Waals surface area contributed by atoms with Gasteiger partial charge in [0.15, 0.2) is 0 Å². The van der Waals surface area contributed by atoms with Crippen LogP contribution in [0.15, 0.2) is 29.2 Å². The van der Waals surface area contributed by atoms with Gasteiger partial charge in [-0.15, -0.1) is 23.4 Å². The van der Waals surface area contributed by atoms with Gasteiger partial charge in [0.1, 0.15) is 0 Å². The Kier molecular flexibility index (Phi) is 5.71. The highest BCUT2D eigenvalue weighted by Crippen LogP contribution is 2.26. The zero-order valence-electron chi connectivity index (χ0n) is 9.50. The zero-order valence-corrected chi connectivity index (χ0v) is 11.1. The highest BCUT2D eigenvalue weighted by molar-refractivity contribution is 7.99. The molecule has 1 aromatic rings. The van der Waals surface area contributed by atoms with Gasteiger partial charge in [-0.2, -0.15) is 0 Å². The Labute approximate surface area is 106 Å². The van der Waals surface area contributed by atoms with E-state index >= 15 is 0 Å². The molecule has 1 aromatic carbocycles. The predicted molar refractivity (Wildman–Crippen MR) is 71.4 cm³/mol. The molecule has 0 aliphatic rings. The van der Waals surface area contributed by atoms with E-state index in [4.69, 9.17) is 11.6 Å². The molecule has 2 nitrogen and oxygen atoms in total. The molecule has 1 N–H and O–H groups in total. The summed E-state index contributed by atoms with van der Waals surface area (Å²) < 4.78 is 0. The van der Waals surface area contributed by atoms with E-state index in [2.05, 4.69) is 12.2 Å². The van der Waals surface area contributed by atoms with Crippen molar-refractivity contribution in [3.05, 3.63) is 24.3 Å². The molecule has 0 bridgehead atoms. The van der Waals surface area contributed by atoms with Crippen molar-refractivity contribution in [1.82, 2.24) is 0 Å². The SMILES string of the molecule is CCSc1ccccc1NC(=O)C(C)CCl. The van der Waals surface area contributed by atoms with Crippen molar-refractivity contribution < 1.29 is 4.79 Å². The zero-order chi connectivity index (χ0) is 12.0. The standard InChI is InChI=1S/C12H16ClNOS/c1-3-16-11-7-5-4-6-10(11)14-12(15)9(2)8-13/h4-7,9H,3,8H2,1-2H3,(H,14,15). The molecule has 0 fully saturated rings. The number of amides is 1. The number of benzene rings is 1. The molecule has 16 heavy (non-hydrogen) atoms. The van der Waals surface area contributed by atoms with Crippen LogP contribution in [-0.2, 0) is 4.79 Å². The van der Waals surface area contributed by atoms with E-state index in [1.165, 1.54) is 0 Å². The number of alkyl halides is 1. The van der Waals surface area contributed by atoms with Gasteiger partial charge >= 0.3 is 0 Å². The first-order valence-electron chi connectivity index (χ1n) is 5.27. The molecule has 0 aromatic heterocycles. The molecule has 0 saturated carbocycles. The van der Waals surface area contributed by atoms with Crippen LogP contribution in [0.2, 0.25) is 0 Å². The Morgan fingerprint density at radius 1 is 1.50 bits per heavy atom. The van der Waals surface area contributed by atoms with Crippen molar-refractivity contribution >= 4 is 35.0 Å². The van der Waals surface area contributed by atoms with Crippen molar-refractivity contribution in [2.24, 2.45) is 5.92 Å². The first-order valence-corrected chi connectivity index (χ1v) is 6.79. The van der Waals surface area contributed by atoms with Gasteiger partial charge in [-0.05, 0) is 17.9 Å². The molecule has 1 amide bonds. The van der Waals surface area contributed by atoms with E-state index < -0.39 is 0 Å². The molecule has 0 aliphatic carbocycles. The average molecular weight is 258 g/mol. The molecule has 4 heteroatoms. The summed E-state index contributed by atoms with van der Waals surface area (Å²) >= 11 is 7.36. The first-order chi connectivity index (χ1) is 7.69. The maximum absolute atomic E-state index is 11.7.